The lowest BCUT2D eigenvalue weighted by Crippen LogP contribution is -2.48. The first-order chi connectivity index (χ1) is 6.24. The predicted molar refractivity (Wildman–Crippen MR) is 55.9 cm³/mol. The van der Waals surface area contributed by atoms with E-state index in [1.165, 1.54) is 25.7 Å². The van der Waals surface area contributed by atoms with Gasteiger partial charge >= 0.3 is 0 Å². The number of hydrogen-bond donors (Lipinski definition) is 1. The zero-order chi connectivity index (χ0) is 9.31. The smallest absolute Gasteiger partial charge is 0.135 e. The van der Waals surface area contributed by atoms with Gasteiger partial charge in [0.25, 0.3) is 0 Å². The van der Waals surface area contributed by atoms with E-state index in [9.17, 15) is 4.79 Å². The summed E-state index contributed by atoms with van der Waals surface area (Å²) in [5, 5.41) is 0.789. The summed E-state index contributed by atoms with van der Waals surface area (Å²) in [6, 6.07) is 0. The van der Waals surface area contributed by atoms with Crippen LogP contribution in [0.1, 0.15) is 38.5 Å². The van der Waals surface area contributed by atoms with Crippen molar-refractivity contribution < 1.29 is 4.79 Å². The molecule has 0 heterocycles. The molecule has 2 saturated carbocycles. The molecule has 0 amide bonds. The van der Waals surface area contributed by atoms with E-state index in [1.807, 2.05) is 11.8 Å². The van der Waals surface area contributed by atoms with Crippen LogP contribution in [0.4, 0.5) is 0 Å². The largest absolute Gasteiger partial charge is 0.329 e. The quantitative estimate of drug-likeness (QED) is 0.752. The molecule has 0 aromatic rings. The highest BCUT2D eigenvalue weighted by atomic mass is 32.2. The molecule has 13 heavy (non-hydrogen) atoms. The molecule has 74 valence electrons. The molecule has 2 fully saturated rings. The minimum atomic E-state index is 0.145. The first-order valence-electron chi connectivity index (χ1n) is 5.14. The van der Waals surface area contributed by atoms with Crippen LogP contribution in [0.2, 0.25) is 0 Å². The minimum absolute atomic E-state index is 0.145. The molecule has 0 atom stereocenters. The summed E-state index contributed by atoms with van der Waals surface area (Å²) in [6.07, 6.45) is 6.86. The van der Waals surface area contributed by atoms with E-state index in [1.54, 1.807) is 0 Å². The Balaban J connectivity index is 1.87. The van der Waals surface area contributed by atoms with Crippen LogP contribution in [0.15, 0.2) is 0 Å². The molecule has 2 aliphatic carbocycles. The molecule has 0 radical (unpaired) electrons. The molecule has 0 aromatic carbocycles. The Labute approximate surface area is 83.6 Å². The van der Waals surface area contributed by atoms with Crippen molar-refractivity contribution in [2.24, 2.45) is 5.73 Å². The van der Waals surface area contributed by atoms with Crippen molar-refractivity contribution in [1.29, 1.82) is 0 Å². The van der Waals surface area contributed by atoms with E-state index in [-0.39, 0.29) is 4.75 Å². The SMILES string of the molecule is NCC1(SC2CCCC2)CC(=O)C1. The van der Waals surface area contributed by atoms with Gasteiger partial charge in [0.1, 0.15) is 5.78 Å². The van der Waals surface area contributed by atoms with Crippen LogP contribution in [-0.2, 0) is 4.79 Å². The molecule has 0 aromatic heterocycles. The van der Waals surface area contributed by atoms with Crippen molar-refractivity contribution in [3.8, 4) is 0 Å². The highest BCUT2D eigenvalue weighted by molar-refractivity contribution is 8.01. The summed E-state index contributed by atoms with van der Waals surface area (Å²) in [6.45, 7) is 0.680. The maximum atomic E-state index is 11.0. The Morgan fingerprint density at radius 3 is 2.46 bits per heavy atom. The van der Waals surface area contributed by atoms with Crippen molar-refractivity contribution in [3.63, 3.8) is 0 Å². The average molecular weight is 199 g/mol. The molecule has 0 spiro atoms. The van der Waals surface area contributed by atoms with E-state index in [0.29, 0.717) is 12.3 Å². The molecule has 2 rings (SSSR count). The van der Waals surface area contributed by atoms with Crippen LogP contribution >= 0.6 is 11.8 Å². The normalized spacial score (nSPS) is 27.6. The molecule has 2 N–H and O–H groups in total. The minimum Gasteiger partial charge on any atom is -0.329 e. The monoisotopic (exact) mass is 199 g/mol. The Bertz CT molecular complexity index is 203. The highest BCUT2D eigenvalue weighted by Gasteiger charge is 2.44. The lowest BCUT2D eigenvalue weighted by molar-refractivity contribution is -0.125. The van der Waals surface area contributed by atoms with Crippen molar-refractivity contribution in [2.75, 3.05) is 6.54 Å². The van der Waals surface area contributed by atoms with Crippen molar-refractivity contribution in [1.82, 2.24) is 0 Å². The van der Waals surface area contributed by atoms with E-state index in [2.05, 4.69) is 0 Å². The summed E-state index contributed by atoms with van der Waals surface area (Å²) in [4.78, 5) is 11.0. The Morgan fingerprint density at radius 2 is 2.00 bits per heavy atom. The lowest BCUT2D eigenvalue weighted by Gasteiger charge is -2.40. The molecule has 3 heteroatoms. The highest BCUT2D eigenvalue weighted by Crippen LogP contribution is 2.46. The first-order valence-corrected chi connectivity index (χ1v) is 6.02. The van der Waals surface area contributed by atoms with Crippen LogP contribution in [-0.4, -0.2) is 22.3 Å². The third-order valence-corrected chi connectivity index (χ3v) is 4.89. The third kappa shape index (κ3) is 1.91. The zero-order valence-corrected chi connectivity index (χ0v) is 8.74. The molecule has 0 unspecified atom stereocenters. The standard InChI is InChI=1S/C10H17NOS/c11-7-10(5-8(12)6-10)13-9-3-1-2-4-9/h9H,1-7,11H2. The van der Waals surface area contributed by atoms with Gasteiger partial charge in [-0.3, -0.25) is 4.79 Å². The van der Waals surface area contributed by atoms with Crippen LogP contribution < -0.4 is 5.73 Å². The molecule has 0 bridgehead atoms. The fourth-order valence-electron chi connectivity index (χ4n) is 2.30. The summed E-state index contributed by atoms with van der Waals surface area (Å²) in [5.74, 6) is 0.399. The third-order valence-electron chi connectivity index (χ3n) is 3.13. The van der Waals surface area contributed by atoms with Crippen molar-refractivity contribution in [2.45, 2.75) is 48.5 Å². The molecule has 0 saturated heterocycles. The number of hydrogen-bond acceptors (Lipinski definition) is 3. The van der Waals surface area contributed by atoms with Gasteiger partial charge < -0.3 is 5.73 Å². The van der Waals surface area contributed by atoms with Crippen molar-refractivity contribution >= 4 is 17.5 Å². The fraction of sp³-hybridized carbons (Fsp3) is 0.900. The summed E-state index contributed by atoms with van der Waals surface area (Å²) in [5.41, 5.74) is 5.74. The van der Waals surface area contributed by atoms with Gasteiger partial charge in [-0.15, -0.1) is 11.8 Å². The van der Waals surface area contributed by atoms with E-state index in [4.69, 9.17) is 5.73 Å². The second-order valence-electron chi connectivity index (χ2n) is 4.30. The molecule has 0 aliphatic heterocycles. The van der Waals surface area contributed by atoms with Crippen LogP contribution in [0, 0.1) is 0 Å². The maximum Gasteiger partial charge on any atom is 0.135 e. The number of Topliss-reactive ketones (excluding diaryl/α,β-unsaturated/α-hetero) is 1. The van der Waals surface area contributed by atoms with E-state index >= 15 is 0 Å². The molecular formula is C10H17NOS. The predicted octanol–water partition coefficient (Wildman–Crippen LogP) is 1.72. The van der Waals surface area contributed by atoms with Gasteiger partial charge in [0, 0.05) is 29.4 Å². The van der Waals surface area contributed by atoms with Gasteiger partial charge in [-0.2, -0.15) is 0 Å². The van der Waals surface area contributed by atoms with Crippen LogP contribution in [0.5, 0.6) is 0 Å². The number of thioether (sulfide) groups is 1. The number of carbonyl (C=O) groups excluding carboxylic acids is 1. The zero-order valence-electron chi connectivity index (χ0n) is 7.92. The van der Waals surface area contributed by atoms with Gasteiger partial charge in [0.15, 0.2) is 0 Å². The van der Waals surface area contributed by atoms with Gasteiger partial charge in [0.05, 0.1) is 0 Å². The first kappa shape index (κ1) is 9.53. The fourth-order valence-corrected chi connectivity index (χ4v) is 4.16. The second-order valence-corrected chi connectivity index (χ2v) is 6.07. The van der Waals surface area contributed by atoms with E-state index < -0.39 is 0 Å². The summed E-state index contributed by atoms with van der Waals surface area (Å²) >= 11 is 2.00. The summed E-state index contributed by atoms with van der Waals surface area (Å²) in [7, 11) is 0. The number of rotatable bonds is 3. The van der Waals surface area contributed by atoms with Gasteiger partial charge in [-0.25, -0.2) is 0 Å². The second kappa shape index (κ2) is 3.62. The van der Waals surface area contributed by atoms with Gasteiger partial charge in [-0.1, -0.05) is 12.8 Å². The number of carbonyl (C=O) groups is 1. The van der Waals surface area contributed by atoms with Crippen molar-refractivity contribution in [3.05, 3.63) is 0 Å². The molecule has 2 nitrogen and oxygen atoms in total. The average Bonchev–Trinajstić information content (AvgIpc) is 2.53. The number of nitrogens with two attached hydrogens (primary N) is 1. The Hall–Kier alpha value is -0.0200. The van der Waals surface area contributed by atoms with Crippen LogP contribution in [0.3, 0.4) is 0 Å². The van der Waals surface area contributed by atoms with Gasteiger partial charge in [-0.05, 0) is 12.8 Å². The Kier molecular flexibility index (Phi) is 2.65. The number of ketones is 1. The Morgan fingerprint density at radius 1 is 1.38 bits per heavy atom. The molecular weight excluding hydrogens is 182 g/mol. The maximum absolute atomic E-state index is 11.0. The molecule has 2 aliphatic rings. The summed E-state index contributed by atoms with van der Waals surface area (Å²) < 4.78 is 0.145. The lowest BCUT2D eigenvalue weighted by atomic mass is 9.83. The van der Waals surface area contributed by atoms with Crippen LogP contribution in [0.25, 0.3) is 0 Å². The van der Waals surface area contributed by atoms with E-state index in [0.717, 1.165) is 18.1 Å². The van der Waals surface area contributed by atoms with Gasteiger partial charge in [0.2, 0.25) is 0 Å². The topological polar surface area (TPSA) is 43.1 Å².